The molecule has 2 atom stereocenters. The monoisotopic (exact) mass is 260 g/mol. The van der Waals surface area contributed by atoms with Crippen LogP contribution in [0.5, 0.6) is 5.75 Å². The number of ether oxygens (including phenoxy) is 1. The number of hydrogen-bond acceptors (Lipinski definition) is 1. The molecule has 0 spiro atoms. The Morgan fingerprint density at radius 2 is 2.05 bits per heavy atom. The van der Waals surface area contributed by atoms with Crippen LogP contribution in [0.15, 0.2) is 24.3 Å². The fraction of sp³-hybridized carbons (Fsp3) is 0.647. The van der Waals surface area contributed by atoms with Crippen molar-refractivity contribution in [1.29, 1.82) is 0 Å². The number of hydrogen-bond donors (Lipinski definition) is 0. The molecule has 0 radical (unpaired) electrons. The van der Waals surface area contributed by atoms with E-state index in [2.05, 4.69) is 38.4 Å². The molecule has 1 aliphatic heterocycles. The van der Waals surface area contributed by atoms with Crippen LogP contribution in [-0.4, -0.2) is 38.3 Å². The SMILES string of the molecule is COc1cccc(C23CCCCC2[N+](C)(C)CC3)c1. The van der Waals surface area contributed by atoms with Crippen LogP contribution in [0.2, 0.25) is 0 Å². The summed E-state index contributed by atoms with van der Waals surface area (Å²) < 4.78 is 6.63. The predicted octanol–water partition coefficient (Wildman–Crippen LogP) is 3.36. The van der Waals surface area contributed by atoms with Crippen molar-refractivity contribution in [1.82, 2.24) is 0 Å². The van der Waals surface area contributed by atoms with Crippen molar-refractivity contribution in [3.63, 3.8) is 0 Å². The highest BCUT2D eigenvalue weighted by Gasteiger charge is 2.55. The number of fused-ring (bicyclic) bond motifs is 1. The van der Waals surface area contributed by atoms with Crippen LogP contribution in [0.1, 0.15) is 37.7 Å². The van der Waals surface area contributed by atoms with Gasteiger partial charge in [-0.15, -0.1) is 0 Å². The first-order chi connectivity index (χ1) is 9.08. The second-order valence-electron chi connectivity index (χ2n) is 6.90. The molecule has 0 aromatic heterocycles. The number of rotatable bonds is 2. The second-order valence-corrected chi connectivity index (χ2v) is 6.90. The van der Waals surface area contributed by atoms with Crippen molar-refractivity contribution in [3.8, 4) is 5.75 Å². The molecule has 2 unspecified atom stereocenters. The van der Waals surface area contributed by atoms with Crippen LogP contribution in [0.25, 0.3) is 0 Å². The lowest BCUT2D eigenvalue weighted by Gasteiger charge is -2.43. The molecule has 1 saturated heterocycles. The first kappa shape index (κ1) is 13.0. The standard InChI is InChI=1S/C17H26NO/c1-18(2)12-11-17(10-5-4-9-16(17)18)14-7-6-8-15(13-14)19-3/h6-8,13,16H,4-5,9-12H2,1-3H3/q+1. The molecule has 1 aromatic rings. The molecule has 0 bridgehead atoms. The van der Waals surface area contributed by atoms with Gasteiger partial charge in [0, 0.05) is 12.8 Å². The average Bonchev–Trinajstić information content (AvgIpc) is 2.73. The van der Waals surface area contributed by atoms with Gasteiger partial charge in [0.25, 0.3) is 0 Å². The minimum Gasteiger partial charge on any atom is -0.497 e. The van der Waals surface area contributed by atoms with E-state index in [0.717, 1.165) is 11.8 Å². The number of methoxy groups -OCH3 is 1. The summed E-state index contributed by atoms with van der Waals surface area (Å²) in [7, 11) is 6.60. The summed E-state index contributed by atoms with van der Waals surface area (Å²) in [5.74, 6) is 1.01. The Bertz CT molecular complexity index is 468. The largest absolute Gasteiger partial charge is 0.497 e. The normalized spacial score (nSPS) is 32.9. The number of quaternary nitrogens is 1. The van der Waals surface area contributed by atoms with Gasteiger partial charge in [-0.25, -0.2) is 0 Å². The van der Waals surface area contributed by atoms with Crippen LogP contribution in [0.4, 0.5) is 0 Å². The highest BCUT2D eigenvalue weighted by Crippen LogP contribution is 2.51. The molecule has 1 heterocycles. The summed E-state index contributed by atoms with van der Waals surface area (Å²) in [5.41, 5.74) is 1.91. The third-order valence-corrected chi connectivity index (χ3v) is 5.61. The van der Waals surface area contributed by atoms with Gasteiger partial charge in [-0.1, -0.05) is 18.6 Å². The van der Waals surface area contributed by atoms with Gasteiger partial charge < -0.3 is 9.22 Å². The quantitative estimate of drug-likeness (QED) is 0.741. The molecular weight excluding hydrogens is 234 g/mol. The maximum Gasteiger partial charge on any atom is 0.119 e. The van der Waals surface area contributed by atoms with Gasteiger partial charge in [0.05, 0.1) is 39.2 Å². The lowest BCUT2D eigenvalue weighted by Crippen LogP contribution is -2.52. The lowest BCUT2D eigenvalue weighted by molar-refractivity contribution is -0.905. The van der Waals surface area contributed by atoms with Gasteiger partial charge in [0.15, 0.2) is 0 Å². The molecule has 104 valence electrons. The molecule has 1 saturated carbocycles. The predicted molar refractivity (Wildman–Crippen MR) is 78.5 cm³/mol. The highest BCUT2D eigenvalue weighted by atomic mass is 16.5. The van der Waals surface area contributed by atoms with Gasteiger partial charge in [0.1, 0.15) is 5.75 Å². The fourth-order valence-corrected chi connectivity index (χ4v) is 4.59. The Morgan fingerprint density at radius 1 is 1.21 bits per heavy atom. The summed E-state index contributed by atoms with van der Waals surface area (Å²) >= 11 is 0. The van der Waals surface area contributed by atoms with Crippen molar-refractivity contribution in [2.45, 2.75) is 43.6 Å². The van der Waals surface area contributed by atoms with Gasteiger partial charge in [-0.2, -0.15) is 0 Å². The minimum absolute atomic E-state index is 0.399. The van der Waals surface area contributed by atoms with E-state index in [4.69, 9.17) is 4.74 Å². The van der Waals surface area contributed by atoms with Crippen LogP contribution < -0.4 is 4.74 Å². The van der Waals surface area contributed by atoms with E-state index in [1.807, 2.05) is 0 Å². The smallest absolute Gasteiger partial charge is 0.119 e. The van der Waals surface area contributed by atoms with Gasteiger partial charge >= 0.3 is 0 Å². The molecule has 0 amide bonds. The van der Waals surface area contributed by atoms with E-state index in [-0.39, 0.29) is 0 Å². The van der Waals surface area contributed by atoms with Crippen molar-refractivity contribution < 1.29 is 9.22 Å². The second kappa shape index (κ2) is 4.52. The summed E-state index contributed by atoms with van der Waals surface area (Å²) in [6, 6.07) is 9.61. The summed E-state index contributed by atoms with van der Waals surface area (Å²) in [6.45, 7) is 1.31. The third kappa shape index (κ3) is 1.97. The maximum absolute atomic E-state index is 5.44. The Kier molecular flexibility index (Phi) is 3.09. The Hall–Kier alpha value is -1.02. The molecule has 1 aromatic carbocycles. The highest BCUT2D eigenvalue weighted by molar-refractivity contribution is 5.36. The number of likely N-dealkylation sites (N-methyl/N-ethyl adjacent to an activating group) is 1. The van der Waals surface area contributed by atoms with Crippen LogP contribution >= 0.6 is 0 Å². The Balaban J connectivity index is 2.04. The molecular formula is C17H26NO+. The van der Waals surface area contributed by atoms with Gasteiger partial charge in [-0.3, -0.25) is 0 Å². The van der Waals surface area contributed by atoms with E-state index in [1.165, 1.54) is 48.7 Å². The Morgan fingerprint density at radius 3 is 2.84 bits per heavy atom. The van der Waals surface area contributed by atoms with E-state index >= 15 is 0 Å². The van der Waals surface area contributed by atoms with E-state index < -0.39 is 0 Å². The summed E-state index contributed by atoms with van der Waals surface area (Å²) in [5, 5.41) is 0. The maximum atomic E-state index is 5.44. The third-order valence-electron chi connectivity index (χ3n) is 5.61. The molecule has 1 aliphatic carbocycles. The molecule has 2 heteroatoms. The van der Waals surface area contributed by atoms with Crippen molar-refractivity contribution >= 4 is 0 Å². The zero-order valence-corrected chi connectivity index (χ0v) is 12.5. The van der Waals surface area contributed by atoms with Crippen molar-refractivity contribution in [3.05, 3.63) is 29.8 Å². The van der Waals surface area contributed by atoms with Gasteiger partial charge in [0.2, 0.25) is 0 Å². The fourth-order valence-electron chi connectivity index (χ4n) is 4.59. The summed E-state index contributed by atoms with van der Waals surface area (Å²) in [6.07, 6.45) is 6.85. The molecule has 19 heavy (non-hydrogen) atoms. The van der Waals surface area contributed by atoms with Crippen LogP contribution in [0, 0.1) is 0 Å². The van der Waals surface area contributed by atoms with E-state index in [1.54, 1.807) is 7.11 Å². The lowest BCUT2D eigenvalue weighted by atomic mass is 9.66. The van der Waals surface area contributed by atoms with E-state index in [9.17, 15) is 0 Å². The van der Waals surface area contributed by atoms with Crippen LogP contribution in [-0.2, 0) is 5.41 Å². The molecule has 2 fully saturated rings. The number of likely N-dealkylation sites (tertiary alicyclic amines) is 1. The molecule has 2 aliphatic rings. The Labute approximate surface area is 117 Å². The first-order valence-corrected chi connectivity index (χ1v) is 7.56. The zero-order valence-electron chi connectivity index (χ0n) is 12.5. The first-order valence-electron chi connectivity index (χ1n) is 7.56. The molecule has 0 N–H and O–H groups in total. The number of benzene rings is 1. The van der Waals surface area contributed by atoms with Crippen molar-refractivity contribution in [2.75, 3.05) is 27.7 Å². The van der Waals surface area contributed by atoms with Crippen LogP contribution in [0.3, 0.4) is 0 Å². The molecule has 3 rings (SSSR count). The average molecular weight is 260 g/mol. The minimum atomic E-state index is 0.399. The summed E-state index contributed by atoms with van der Waals surface area (Å²) in [4.78, 5) is 0. The zero-order chi connectivity index (χ0) is 13.5. The topological polar surface area (TPSA) is 9.23 Å². The number of nitrogens with zero attached hydrogens (tertiary/aromatic N) is 1. The van der Waals surface area contributed by atoms with Crippen molar-refractivity contribution in [2.24, 2.45) is 0 Å². The van der Waals surface area contributed by atoms with Gasteiger partial charge in [-0.05, 0) is 30.5 Å². The van der Waals surface area contributed by atoms with E-state index in [0.29, 0.717) is 5.41 Å². The molecule has 2 nitrogen and oxygen atoms in total.